The van der Waals surface area contributed by atoms with Gasteiger partial charge in [-0.25, -0.2) is 0 Å². The predicted octanol–water partition coefficient (Wildman–Crippen LogP) is 3.57. The number of hydrogen-bond donors (Lipinski definition) is 1. The molecule has 1 N–H and O–H groups in total. The van der Waals surface area contributed by atoms with E-state index in [9.17, 15) is 9.59 Å². The Morgan fingerprint density at radius 1 is 1.21 bits per heavy atom. The lowest BCUT2D eigenvalue weighted by molar-refractivity contribution is 0.0745. The van der Waals surface area contributed by atoms with Crippen LogP contribution in [-0.4, -0.2) is 33.0 Å². The van der Waals surface area contributed by atoms with Gasteiger partial charge < -0.3 is 10.2 Å². The van der Waals surface area contributed by atoms with Crippen LogP contribution in [0.1, 0.15) is 37.8 Å². The fourth-order valence-electron chi connectivity index (χ4n) is 3.18. The number of halogens is 1. The Hall–Kier alpha value is -2.64. The highest BCUT2D eigenvalue weighted by Crippen LogP contribution is 2.18. The number of hydrogen-bond acceptors (Lipinski definition) is 4. The molecule has 3 heterocycles. The van der Waals surface area contributed by atoms with Crippen molar-refractivity contribution in [1.29, 1.82) is 0 Å². The first-order valence-electron chi connectivity index (χ1n) is 9.02. The fraction of sp³-hybridized carbons (Fsp3) is 0.250. The predicted molar refractivity (Wildman–Crippen MR) is 109 cm³/mol. The van der Waals surface area contributed by atoms with Crippen molar-refractivity contribution in [1.82, 2.24) is 20.0 Å². The second-order valence-corrected chi connectivity index (χ2v) is 8.08. The number of benzene rings is 1. The van der Waals surface area contributed by atoms with E-state index in [1.807, 2.05) is 41.8 Å². The second-order valence-electron chi connectivity index (χ2n) is 6.61. The molecule has 0 saturated carbocycles. The molecule has 8 heteroatoms. The minimum Gasteiger partial charge on any atom is -0.346 e. The van der Waals surface area contributed by atoms with E-state index in [-0.39, 0.29) is 17.5 Å². The molecule has 1 aliphatic heterocycles. The molecular formula is C20H19ClN4O2S. The minimum atomic E-state index is -0.272. The zero-order chi connectivity index (χ0) is 19.5. The summed E-state index contributed by atoms with van der Waals surface area (Å²) in [6.07, 6.45) is 0.782. The summed E-state index contributed by atoms with van der Waals surface area (Å²) >= 11 is 7.52. The number of carbonyl (C=O) groups excluding carboxylic acids is 2. The molecule has 0 radical (unpaired) electrons. The van der Waals surface area contributed by atoms with Crippen molar-refractivity contribution in [2.75, 3.05) is 6.54 Å². The van der Waals surface area contributed by atoms with Crippen molar-refractivity contribution in [2.45, 2.75) is 26.1 Å². The summed E-state index contributed by atoms with van der Waals surface area (Å²) in [5, 5.41) is 9.85. The largest absolute Gasteiger partial charge is 0.346 e. The molecule has 0 aliphatic carbocycles. The number of aryl methyl sites for hydroxylation is 1. The number of amides is 2. The topological polar surface area (TPSA) is 67.2 Å². The average Bonchev–Trinajstić information content (AvgIpc) is 3.34. The highest BCUT2D eigenvalue weighted by atomic mass is 35.5. The highest BCUT2D eigenvalue weighted by molar-refractivity contribution is 7.09. The highest BCUT2D eigenvalue weighted by Gasteiger charge is 2.26. The van der Waals surface area contributed by atoms with Gasteiger partial charge >= 0.3 is 0 Å². The minimum absolute atomic E-state index is 0.114. The van der Waals surface area contributed by atoms with Crippen molar-refractivity contribution in [3.05, 3.63) is 74.7 Å². The van der Waals surface area contributed by atoms with Crippen molar-refractivity contribution in [2.24, 2.45) is 0 Å². The zero-order valence-electron chi connectivity index (χ0n) is 15.1. The van der Waals surface area contributed by atoms with Crippen LogP contribution in [0, 0.1) is 0 Å². The Balaban J connectivity index is 1.48. The summed E-state index contributed by atoms with van der Waals surface area (Å²) in [6.45, 7) is 2.21. The Kier molecular flexibility index (Phi) is 5.45. The first kappa shape index (κ1) is 18.7. The lowest BCUT2D eigenvalue weighted by Gasteiger charge is -2.20. The molecule has 6 nitrogen and oxygen atoms in total. The van der Waals surface area contributed by atoms with Gasteiger partial charge in [0.05, 0.1) is 6.54 Å². The molecule has 3 aromatic rings. The number of thiophene rings is 1. The first-order valence-corrected chi connectivity index (χ1v) is 10.3. The van der Waals surface area contributed by atoms with Gasteiger partial charge in [0.2, 0.25) is 0 Å². The number of carbonyl (C=O) groups is 2. The molecule has 1 aliphatic rings. The van der Waals surface area contributed by atoms with Crippen LogP contribution in [0.3, 0.4) is 0 Å². The summed E-state index contributed by atoms with van der Waals surface area (Å²) in [4.78, 5) is 28.3. The van der Waals surface area contributed by atoms with Gasteiger partial charge in [-0.15, -0.1) is 11.3 Å². The van der Waals surface area contributed by atoms with Gasteiger partial charge in [0.1, 0.15) is 5.69 Å². The van der Waals surface area contributed by atoms with Crippen LogP contribution in [0.4, 0.5) is 0 Å². The summed E-state index contributed by atoms with van der Waals surface area (Å²) in [5.41, 5.74) is 1.74. The van der Waals surface area contributed by atoms with Crippen LogP contribution < -0.4 is 5.32 Å². The van der Waals surface area contributed by atoms with Crippen molar-refractivity contribution in [3.63, 3.8) is 0 Å². The maximum Gasteiger partial charge on any atom is 0.272 e. The molecule has 1 aromatic carbocycles. The third-order valence-corrected chi connectivity index (χ3v) is 5.74. The molecule has 0 saturated heterocycles. The summed E-state index contributed by atoms with van der Waals surface area (Å²) in [6, 6.07) is 13.0. The van der Waals surface area contributed by atoms with E-state index in [2.05, 4.69) is 10.4 Å². The number of nitrogens with zero attached hydrogens (tertiary/aromatic N) is 3. The lowest BCUT2D eigenvalue weighted by Crippen LogP contribution is -2.30. The van der Waals surface area contributed by atoms with Gasteiger partial charge in [0, 0.05) is 35.6 Å². The third kappa shape index (κ3) is 4.10. The van der Waals surface area contributed by atoms with Crippen molar-refractivity contribution < 1.29 is 9.59 Å². The monoisotopic (exact) mass is 414 g/mol. The molecule has 0 unspecified atom stereocenters. The summed E-state index contributed by atoms with van der Waals surface area (Å²) < 4.78 is 1.64. The van der Waals surface area contributed by atoms with Crippen LogP contribution >= 0.6 is 22.9 Å². The Bertz CT molecular complexity index is 982. The van der Waals surface area contributed by atoms with Gasteiger partial charge in [-0.3, -0.25) is 14.3 Å². The van der Waals surface area contributed by atoms with Gasteiger partial charge in [-0.2, -0.15) is 5.10 Å². The maximum absolute atomic E-state index is 13.0. The van der Waals surface area contributed by atoms with Crippen molar-refractivity contribution in [3.8, 4) is 0 Å². The number of fused-ring (bicyclic) bond motifs is 1. The van der Waals surface area contributed by atoms with Crippen LogP contribution in [0.5, 0.6) is 0 Å². The van der Waals surface area contributed by atoms with Crippen LogP contribution in [0.15, 0.2) is 47.8 Å². The first-order chi connectivity index (χ1) is 13.6. The summed E-state index contributed by atoms with van der Waals surface area (Å²) in [7, 11) is 0. The van der Waals surface area contributed by atoms with Crippen LogP contribution in [-0.2, 0) is 19.6 Å². The van der Waals surface area contributed by atoms with E-state index in [1.54, 1.807) is 27.0 Å². The van der Waals surface area contributed by atoms with E-state index in [0.717, 1.165) is 16.9 Å². The Morgan fingerprint density at radius 2 is 2.04 bits per heavy atom. The van der Waals surface area contributed by atoms with E-state index in [1.165, 1.54) is 0 Å². The maximum atomic E-state index is 13.0. The molecule has 144 valence electrons. The second kappa shape index (κ2) is 8.16. The third-order valence-electron chi connectivity index (χ3n) is 4.61. The van der Waals surface area contributed by atoms with Crippen LogP contribution in [0.2, 0.25) is 5.02 Å². The zero-order valence-corrected chi connectivity index (χ0v) is 16.7. The average molecular weight is 415 g/mol. The Morgan fingerprint density at radius 3 is 2.79 bits per heavy atom. The summed E-state index contributed by atoms with van der Waals surface area (Å²) in [5.74, 6) is -0.386. The molecule has 2 aromatic heterocycles. The number of nitrogens with one attached hydrogen (secondary N) is 1. The molecule has 0 atom stereocenters. The van der Waals surface area contributed by atoms with E-state index in [0.29, 0.717) is 36.9 Å². The smallest absolute Gasteiger partial charge is 0.272 e. The SMILES string of the molecule is O=C(NCc1cccs1)c1cc2n(n1)CCCN(Cc1ccc(Cl)cc1)C2=O. The van der Waals surface area contributed by atoms with Crippen LogP contribution in [0.25, 0.3) is 0 Å². The van der Waals surface area contributed by atoms with E-state index < -0.39 is 0 Å². The normalized spacial score (nSPS) is 13.9. The van der Waals surface area contributed by atoms with Gasteiger partial charge in [0.25, 0.3) is 11.8 Å². The van der Waals surface area contributed by atoms with Gasteiger partial charge in [-0.05, 0) is 35.6 Å². The quantitative estimate of drug-likeness (QED) is 0.694. The van der Waals surface area contributed by atoms with E-state index >= 15 is 0 Å². The van der Waals surface area contributed by atoms with Gasteiger partial charge in [-0.1, -0.05) is 29.8 Å². The van der Waals surface area contributed by atoms with E-state index in [4.69, 9.17) is 11.6 Å². The molecule has 0 spiro atoms. The molecule has 4 rings (SSSR count). The van der Waals surface area contributed by atoms with Gasteiger partial charge in [0.15, 0.2) is 5.69 Å². The Labute approximate surface area is 171 Å². The standard InChI is InChI=1S/C20H19ClN4O2S/c21-15-6-4-14(5-7-15)13-24-8-2-9-25-18(20(24)27)11-17(23-25)19(26)22-12-16-3-1-10-28-16/h1,3-7,10-11H,2,8-9,12-13H2,(H,22,26). The molecular weight excluding hydrogens is 396 g/mol. The van der Waals surface area contributed by atoms with Crippen molar-refractivity contribution >= 4 is 34.8 Å². The number of rotatable bonds is 5. The molecule has 28 heavy (non-hydrogen) atoms. The lowest BCUT2D eigenvalue weighted by atomic mass is 10.2. The molecule has 2 amide bonds. The molecule has 0 bridgehead atoms. The number of aromatic nitrogens is 2. The molecule has 0 fully saturated rings. The fourth-order valence-corrected chi connectivity index (χ4v) is 3.95.